The topological polar surface area (TPSA) is 78.9 Å². The summed E-state index contributed by atoms with van der Waals surface area (Å²) in [5, 5.41) is 10.2. The van der Waals surface area contributed by atoms with Crippen molar-refractivity contribution in [1.82, 2.24) is 4.90 Å². The van der Waals surface area contributed by atoms with Crippen molar-refractivity contribution in [2.45, 2.75) is 104 Å². The van der Waals surface area contributed by atoms with Gasteiger partial charge in [-0.25, -0.2) is 4.39 Å². The molecule has 2 aliphatic rings. The summed E-state index contributed by atoms with van der Waals surface area (Å²) in [5.41, 5.74) is 10.1. The van der Waals surface area contributed by atoms with E-state index in [0.717, 1.165) is 56.4 Å². The number of piperidine rings is 1. The first-order valence-corrected chi connectivity index (χ1v) is 15.4. The number of alkyl halides is 1. The van der Waals surface area contributed by atoms with Gasteiger partial charge in [-0.05, 0) is 82.6 Å². The maximum absolute atomic E-state index is 13.2. The molecule has 5 nitrogen and oxygen atoms in total. The zero-order chi connectivity index (χ0) is 29.5. The number of likely N-dealkylation sites (tertiary alicyclic amines) is 1. The molecule has 3 N–H and O–H groups in total. The molecule has 1 heterocycles. The molecule has 3 rings (SSSR count). The van der Waals surface area contributed by atoms with Crippen LogP contribution >= 0.6 is 0 Å². The smallest absolute Gasteiger partial charge is 0.270 e. The lowest BCUT2D eigenvalue weighted by atomic mass is 9.84. The van der Waals surface area contributed by atoms with Gasteiger partial charge in [0.2, 0.25) is 0 Å². The maximum Gasteiger partial charge on any atom is 0.270 e. The summed E-state index contributed by atoms with van der Waals surface area (Å²) in [6, 6.07) is 8.86. The summed E-state index contributed by atoms with van der Waals surface area (Å²) < 4.78 is 13.1. The van der Waals surface area contributed by atoms with Crippen LogP contribution in [-0.2, 0) is 11.2 Å². The molecule has 2 fully saturated rings. The van der Waals surface area contributed by atoms with Gasteiger partial charge in [0.25, 0.3) is 5.91 Å². The molecule has 1 aromatic carbocycles. The predicted molar refractivity (Wildman–Crippen MR) is 166 cm³/mol. The normalized spacial score (nSPS) is 21.8. The third kappa shape index (κ3) is 10.8. The Labute approximate surface area is 242 Å². The Balaban J connectivity index is 0.00000178. The minimum absolute atomic E-state index is 0.198. The van der Waals surface area contributed by atoms with Gasteiger partial charge in [-0.15, -0.1) is 6.58 Å². The number of amides is 1. The number of unbranched alkanes of at least 4 members (excludes halogenated alkanes) is 1. The molecular formula is C34H54FN3O2. The predicted octanol–water partition coefficient (Wildman–Crippen LogP) is 7.11. The quantitative estimate of drug-likeness (QED) is 0.173. The van der Waals surface area contributed by atoms with Gasteiger partial charge in [-0.3, -0.25) is 9.79 Å². The third-order valence-corrected chi connectivity index (χ3v) is 8.21. The fraction of sp³-hybridized carbons (Fsp3) is 0.647. The average Bonchev–Trinajstić information content (AvgIpc) is 2.94. The molecule has 1 aromatic rings. The van der Waals surface area contributed by atoms with Gasteiger partial charge < -0.3 is 15.7 Å². The lowest BCUT2D eigenvalue weighted by molar-refractivity contribution is -0.132. The van der Waals surface area contributed by atoms with E-state index >= 15 is 0 Å². The Hall–Kier alpha value is -2.47. The van der Waals surface area contributed by atoms with Crippen molar-refractivity contribution in [2.75, 3.05) is 26.3 Å². The van der Waals surface area contributed by atoms with E-state index in [4.69, 9.17) is 10.7 Å². The Kier molecular flexibility index (Phi) is 14.6. The zero-order valence-electron chi connectivity index (χ0n) is 25.6. The highest BCUT2D eigenvalue weighted by Crippen LogP contribution is 2.30. The highest BCUT2D eigenvalue weighted by Gasteiger charge is 2.35. The van der Waals surface area contributed by atoms with E-state index in [1.165, 1.54) is 30.4 Å². The second-order valence-corrected chi connectivity index (χ2v) is 12.0. The Morgan fingerprint density at radius 1 is 1.30 bits per heavy atom. The van der Waals surface area contributed by atoms with Gasteiger partial charge in [0.05, 0.1) is 5.60 Å². The van der Waals surface area contributed by atoms with Crippen LogP contribution < -0.4 is 5.73 Å². The number of halogens is 1. The number of aliphatic hydroxyl groups is 1. The first-order chi connectivity index (χ1) is 19.2. The van der Waals surface area contributed by atoms with Crippen LogP contribution in [-0.4, -0.2) is 53.5 Å². The molecule has 2 unspecified atom stereocenters. The van der Waals surface area contributed by atoms with Gasteiger partial charge in [-0.2, -0.15) is 0 Å². The molecule has 224 valence electrons. The minimum Gasteiger partial charge on any atom is -0.394 e. The zero-order valence-corrected chi connectivity index (χ0v) is 25.6. The minimum atomic E-state index is -1.31. The molecule has 1 aliphatic carbocycles. The molecule has 1 amide bonds. The molecular weight excluding hydrogens is 501 g/mol. The number of hydrogen-bond donors (Lipinski definition) is 2. The largest absolute Gasteiger partial charge is 0.394 e. The van der Waals surface area contributed by atoms with E-state index in [9.17, 15) is 14.3 Å². The first-order valence-electron chi connectivity index (χ1n) is 15.4. The summed E-state index contributed by atoms with van der Waals surface area (Å²) in [7, 11) is 0. The second kappa shape index (κ2) is 17.4. The van der Waals surface area contributed by atoms with Crippen LogP contribution in [0.3, 0.4) is 0 Å². The van der Waals surface area contributed by atoms with E-state index < -0.39 is 12.3 Å². The van der Waals surface area contributed by atoms with Crippen molar-refractivity contribution >= 4 is 11.6 Å². The third-order valence-electron chi connectivity index (χ3n) is 8.21. The van der Waals surface area contributed by atoms with Crippen molar-refractivity contribution in [3.05, 3.63) is 59.3 Å². The van der Waals surface area contributed by atoms with Gasteiger partial charge in [0.1, 0.15) is 12.4 Å². The Morgan fingerprint density at radius 2 is 1.98 bits per heavy atom. The van der Waals surface area contributed by atoms with Crippen LogP contribution in [0.15, 0.2) is 53.2 Å². The number of aliphatic imine (C=N–C) groups is 1. The van der Waals surface area contributed by atoms with Crippen molar-refractivity contribution in [3.63, 3.8) is 0 Å². The molecule has 0 radical (unpaired) electrons. The van der Waals surface area contributed by atoms with Crippen molar-refractivity contribution < 1.29 is 14.3 Å². The van der Waals surface area contributed by atoms with E-state index in [1.54, 1.807) is 11.0 Å². The average molecular weight is 556 g/mol. The molecule has 0 spiro atoms. The molecule has 40 heavy (non-hydrogen) atoms. The molecule has 0 aromatic heterocycles. The fourth-order valence-electron chi connectivity index (χ4n) is 5.71. The van der Waals surface area contributed by atoms with Crippen molar-refractivity contribution in [3.8, 4) is 0 Å². The number of benzene rings is 1. The molecule has 1 saturated heterocycles. The van der Waals surface area contributed by atoms with E-state index in [-0.39, 0.29) is 24.4 Å². The number of nitrogens with zero attached hydrogens (tertiary/aromatic N) is 2. The summed E-state index contributed by atoms with van der Waals surface area (Å²) in [4.78, 5) is 19.8. The summed E-state index contributed by atoms with van der Waals surface area (Å²) >= 11 is 0. The van der Waals surface area contributed by atoms with E-state index in [1.807, 2.05) is 6.92 Å². The number of carbonyl (C=O) groups is 1. The summed E-state index contributed by atoms with van der Waals surface area (Å²) in [6.45, 7) is 12.5. The number of nitrogens with two attached hydrogens (primary N) is 1. The molecule has 2 atom stereocenters. The Morgan fingerprint density at radius 3 is 2.60 bits per heavy atom. The van der Waals surface area contributed by atoms with Crippen LogP contribution in [0.5, 0.6) is 0 Å². The van der Waals surface area contributed by atoms with Gasteiger partial charge >= 0.3 is 0 Å². The molecule has 1 saturated carbocycles. The Bertz CT molecular complexity index is 995. The summed E-state index contributed by atoms with van der Waals surface area (Å²) in [6.07, 6.45) is 11.9. The molecule has 6 heteroatoms. The number of hydrogen-bond acceptors (Lipinski definition) is 4. The van der Waals surface area contributed by atoms with Crippen LogP contribution in [0.1, 0.15) is 96.1 Å². The SMILES string of the molecule is C=CC.CCCCC(CCCN=C1CC(C)CC/C1=C(/N)C(=O)N1CCC(O)(CF)CC1)Cc1cccc(C)c1. The highest BCUT2D eigenvalue weighted by atomic mass is 19.1. The van der Waals surface area contributed by atoms with Crippen LogP contribution in [0.25, 0.3) is 0 Å². The van der Waals surface area contributed by atoms with Crippen LogP contribution in [0.2, 0.25) is 0 Å². The molecule has 0 bridgehead atoms. The van der Waals surface area contributed by atoms with Crippen molar-refractivity contribution in [1.29, 1.82) is 0 Å². The second-order valence-electron chi connectivity index (χ2n) is 12.0. The number of carbonyl (C=O) groups excluding carboxylic acids is 1. The monoisotopic (exact) mass is 555 g/mol. The first kappa shape index (κ1) is 33.7. The van der Waals surface area contributed by atoms with Crippen molar-refractivity contribution in [2.24, 2.45) is 22.6 Å². The lowest BCUT2D eigenvalue weighted by Crippen LogP contribution is -2.49. The maximum atomic E-state index is 13.2. The van der Waals surface area contributed by atoms with Crippen LogP contribution in [0.4, 0.5) is 4.39 Å². The summed E-state index contributed by atoms with van der Waals surface area (Å²) in [5.74, 6) is 0.991. The highest BCUT2D eigenvalue weighted by molar-refractivity contribution is 6.08. The van der Waals surface area contributed by atoms with Gasteiger partial charge in [0.15, 0.2) is 0 Å². The lowest BCUT2D eigenvalue weighted by Gasteiger charge is -2.37. The number of aryl methyl sites for hydroxylation is 1. The van der Waals surface area contributed by atoms with Gasteiger partial charge in [0, 0.05) is 30.9 Å². The fourth-order valence-corrected chi connectivity index (χ4v) is 5.71. The standard InChI is InChI=1S/C31H48FN3O2.C3H6/c1-4-5-9-25(21-26-10-6-8-23(2)19-26)11-7-16-34-28-20-24(3)12-13-27(28)29(33)30(36)35-17-14-31(37,22-32)15-18-35;1-3-2/h6,8,10,19,24-25,37H,4-5,7,9,11-18,20-22,33H2,1-3H3;3H,1H2,2H3/b29-27-,34-28?;. The van der Waals surface area contributed by atoms with Gasteiger partial charge in [-0.1, -0.05) is 69.0 Å². The van der Waals surface area contributed by atoms with E-state index in [0.29, 0.717) is 24.9 Å². The molecule has 1 aliphatic heterocycles. The van der Waals surface area contributed by atoms with Crippen LogP contribution in [0, 0.1) is 18.8 Å². The number of rotatable bonds is 11. The number of allylic oxidation sites excluding steroid dienone is 2. The van der Waals surface area contributed by atoms with E-state index in [2.05, 4.69) is 51.6 Å².